The molecular weight excluding hydrogens is 286 g/mol. The average molecular weight is 303 g/mol. The summed E-state index contributed by atoms with van der Waals surface area (Å²) in [4.78, 5) is 4.54. The van der Waals surface area contributed by atoms with Gasteiger partial charge >= 0.3 is 0 Å². The molecule has 0 unspecified atom stereocenters. The minimum Gasteiger partial charge on any atom is -0.476 e. The summed E-state index contributed by atoms with van der Waals surface area (Å²) in [5.74, 6) is 0.932. The molecule has 2 nitrogen and oxygen atoms in total. The Morgan fingerprint density at radius 1 is 1.05 bits per heavy atom. The minimum absolute atomic E-state index is 0.681. The fourth-order valence-electron chi connectivity index (χ4n) is 1.61. The Morgan fingerprint density at radius 3 is 2.45 bits per heavy atom. The van der Waals surface area contributed by atoms with Gasteiger partial charge in [-0.3, -0.25) is 0 Å². The van der Waals surface area contributed by atoms with Crippen molar-refractivity contribution >= 4 is 32.5 Å². The lowest BCUT2D eigenvalue weighted by Crippen LogP contribution is -1.93. The van der Waals surface area contributed by atoms with E-state index in [9.17, 15) is 0 Å². The molecule has 2 aromatic carbocycles. The summed E-state index contributed by atoms with van der Waals surface area (Å²) >= 11 is 0. The van der Waals surface area contributed by atoms with Crippen LogP contribution < -0.4 is 0 Å². The molecule has 0 spiro atoms. The summed E-state index contributed by atoms with van der Waals surface area (Å²) in [6, 6.07) is 18.4. The van der Waals surface area contributed by atoms with E-state index >= 15 is 0 Å². The highest BCUT2D eigenvalue weighted by Gasteiger charge is 2.03. The molecule has 0 heterocycles. The third-order valence-electron chi connectivity index (χ3n) is 2.70. The van der Waals surface area contributed by atoms with E-state index in [0.29, 0.717) is 5.23 Å². The van der Waals surface area contributed by atoms with E-state index < -0.39 is 0 Å². The molecule has 0 aliphatic carbocycles. The quantitative estimate of drug-likeness (QED) is 0.439. The lowest BCUT2D eigenvalue weighted by Gasteiger charge is -2.05. The van der Waals surface area contributed by atoms with Gasteiger partial charge in [0.2, 0.25) is 0 Å². The lowest BCUT2D eigenvalue weighted by atomic mass is 10.2. The number of para-hydroxylation sites is 1. The molecule has 0 saturated carbocycles. The van der Waals surface area contributed by atoms with E-state index in [1.54, 1.807) is 28.7 Å². The lowest BCUT2D eigenvalue weighted by molar-refractivity contribution is 0.417. The number of benzene rings is 2. The maximum atomic E-state index is 5.34. The van der Waals surface area contributed by atoms with Crippen molar-refractivity contribution in [3.63, 3.8) is 0 Å². The maximum Gasteiger partial charge on any atom is 0.261 e. The molecule has 20 heavy (non-hydrogen) atoms. The molecule has 0 aliphatic rings. The highest BCUT2D eigenvalue weighted by Crippen LogP contribution is 2.29. The molecule has 4 heteroatoms. The molecule has 0 fully saturated rings. The number of aliphatic imine (C=N–C) groups is 1. The van der Waals surface area contributed by atoms with Gasteiger partial charge in [0.15, 0.2) is 0 Å². The molecular formula is C16H17NOS2. The fraction of sp³-hybridized carbons (Fsp3) is 0.188. The molecule has 0 N–H and O–H groups in total. The molecule has 0 aliphatic heterocycles. The van der Waals surface area contributed by atoms with Crippen LogP contribution in [0.1, 0.15) is 11.1 Å². The van der Waals surface area contributed by atoms with Gasteiger partial charge in [0.05, 0.1) is 12.8 Å². The van der Waals surface area contributed by atoms with Crippen LogP contribution in [0.4, 0.5) is 5.69 Å². The van der Waals surface area contributed by atoms with Crippen LogP contribution in [0.5, 0.6) is 0 Å². The van der Waals surface area contributed by atoms with Crippen molar-refractivity contribution in [2.75, 3.05) is 7.11 Å². The van der Waals surface area contributed by atoms with Crippen LogP contribution in [-0.4, -0.2) is 12.3 Å². The van der Waals surface area contributed by atoms with Crippen molar-refractivity contribution in [3.8, 4) is 0 Å². The molecule has 0 bridgehead atoms. The third kappa shape index (κ3) is 4.62. The van der Waals surface area contributed by atoms with Crippen molar-refractivity contribution in [1.82, 2.24) is 0 Å². The van der Waals surface area contributed by atoms with Crippen LogP contribution >= 0.6 is 21.6 Å². The average Bonchev–Trinajstić information content (AvgIpc) is 2.49. The second-order valence-electron chi connectivity index (χ2n) is 4.20. The number of hydrogen-bond donors (Lipinski definition) is 0. The zero-order valence-corrected chi connectivity index (χ0v) is 13.2. The Labute approximate surface area is 128 Å². The van der Waals surface area contributed by atoms with Crippen LogP contribution in [0, 0.1) is 6.92 Å². The molecule has 0 radical (unpaired) electrons. The Hall–Kier alpha value is -1.39. The zero-order chi connectivity index (χ0) is 14.2. The van der Waals surface area contributed by atoms with Gasteiger partial charge in [0, 0.05) is 16.5 Å². The predicted octanol–water partition coefficient (Wildman–Crippen LogP) is 5.21. The number of ether oxygens (including phenoxy) is 1. The van der Waals surface area contributed by atoms with Crippen molar-refractivity contribution in [2.24, 2.45) is 4.99 Å². The van der Waals surface area contributed by atoms with E-state index in [1.165, 1.54) is 5.56 Å². The SMILES string of the molecule is COC(=Nc1ccccc1C)SSCc1ccccc1. The number of methoxy groups -OCH3 is 1. The first kappa shape index (κ1) is 15.0. The minimum atomic E-state index is 0.681. The predicted molar refractivity (Wildman–Crippen MR) is 90.6 cm³/mol. The molecule has 0 aromatic heterocycles. The van der Waals surface area contributed by atoms with E-state index in [1.807, 2.05) is 37.3 Å². The van der Waals surface area contributed by atoms with Crippen LogP contribution in [0.3, 0.4) is 0 Å². The first-order valence-electron chi connectivity index (χ1n) is 6.31. The second kappa shape index (κ2) is 8.02. The topological polar surface area (TPSA) is 21.6 Å². The van der Waals surface area contributed by atoms with E-state index in [0.717, 1.165) is 17.0 Å². The molecule has 0 atom stereocenters. The summed E-state index contributed by atoms with van der Waals surface area (Å²) in [6.45, 7) is 2.05. The maximum absolute atomic E-state index is 5.34. The van der Waals surface area contributed by atoms with Gasteiger partial charge in [-0.25, -0.2) is 4.99 Å². The summed E-state index contributed by atoms with van der Waals surface area (Å²) in [5.41, 5.74) is 3.41. The van der Waals surface area contributed by atoms with Crippen LogP contribution in [0.2, 0.25) is 0 Å². The van der Waals surface area contributed by atoms with Crippen molar-refractivity contribution in [3.05, 3.63) is 65.7 Å². The van der Waals surface area contributed by atoms with Gasteiger partial charge < -0.3 is 4.74 Å². The van der Waals surface area contributed by atoms with Crippen LogP contribution in [0.25, 0.3) is 0 Å². The van der Waals surface area contributed by atoms with Crippen molar-refractivity contribution in [2.45, 2.75) is 12.7 Å². The largest absolute Gasteiger partial charge is 0.476 e. The van der Waals surface area contributed by atoms with Gasteiger partial charge in [0.1, 0.15) is 0 Å². The van der Waals surface area contributed by atoms with Crippen molar-refractivity contribution < 1.29 is 4.74 Å². The first-order valence-corrected chi connectivity index (χ1v) is 8.63. The summed E-state index contributed by atoms with van der Waals surface area (Å²) in [5, 5.41) is 0.681. The summed E-state index contributed by atoms with van der Waals surface area (Å²) < 4.78 is 5.34. The van der Waals surface area contributed by atoms with Crippen LogP contribution in [0.15, 0.2) is 59.6 Å². The molecule has 0 saturated heterocycles. The summed E-state index contributed by atoms with van der Waals surface area (Å²) in [6.07, 6.45) is 0. The van der Waals surface area contributed by atoms with Gasteiger partial charge in [-0.1, -0.05) is 59.3 Å². The zero-order valence-electron chi connectivity index (χ0n) is 11.6. The smallest absolute Gasteiger partial charge is 0.261 e. The highest BCUT2D eigenvalue weighted by atomic mass is 33.1. The van der Waals surface area contributed by atoms with E-state index in [-0.39, 0.29) is 0 Å². The monoisotopic (exact) mass is 303 g/mol. The fourth-order valence-corrected chi connectivity index (χ4v) is 3.50. The molecule has 2 aromatic rings. The standard InChI is InChI=1S/C16H17NOS2/c1-13-8-6-7-11-15(13)17-16(18-2)20-19-12-14-9-4-3-5-10-14/h3-11H,12H2,1-2H3. The highest BCUT2D eigenvalue weighted by molar-refractivity contribution is 8.81. The number of nitrogens with zero attached hydrogens (tertiary/aromatic N) is 1. The number of aryl methyl sites for hydroxylation is 1. The Balaban J connectivity index is 1.94. The normalized spacial score (nSPS) is 11.4. The van der Waals surface area contributed by atoms with E-state index in [2.05, 4.69) is 29.3 Å². The number of hydrogen-bond acceptors (Lipinski definition) is 4. The van der Waals surface area contributed by atoms with Gasteiger partial charge in [-0.05, 0) is 24.1 Å². The summed E-state index contributed by atoms with van der Waals surface area (Å²) in [7, 11) is 4.95. The van der Waals surface area contributed by atoms with E-state index in [4.69, 9.17) is 4.74 Å². The Kier molecular flexibility index (Phi) is 6.02. The molecule has 2 rings (SSSR count). The Bertz CT molecular complexity index is 570. The number of rotatable bonds is 4. The van der Waals surface area contributed by atoms with Gasteiger partial charge in [-0.2, -0.15) is 0 Å². The van der Waals surface area contributed by atoms with Crippen molar-refractivity contribution in [1.29, 1.82) is 0 Å². The first-order chi connectivity index (χ1) is 9.79. The third-order valence-corrected chi connectivity index (χ3v) is 4.80. The van der Waals surface area contributed by atoms with Crippen LogP contribution in [-0.2, 0) is 10.5 Å². The second-order valence-corrected chi connectivity index (χ2v) is 6.45. The Morgan fingerprint density at radius 2 is 1.75 bits per heavy atom. The van der Waals surface area contributed by atoms with Gasteiger partial charge in [0.25, 0.3) is 5.23 Å². The molecule has 104 valence electrons. The molecule has 0 amide bonds. The van der Waals surface area contributed by atoms with Gasteiger partial charge in [-0.15, -0.1) is 0 Å².